The van der Waals surface area contributed by atoms with Gasteiger partial charge >= 0.3 is 0 Å². The fourth-order valence-electron chi connectivity index (χ4n) is 2.01. The number of imidazole rings is 1. The van der Waals surface area contributed by atoms with Crippen LogP contribution in [0.5, 0.6) is 0 Å². The second kappa shape index (κ2) is 7.80. The summed E-state index contributed by atoms with van der Waals surface area (Å²) in [6, 6.07) is 7.50. The van der Waals surface area contributed by atoms with Crippen LogP contribution in [-0.2, 0) is 22.7 Å². The Bertz CT molecular complexity index is 714. The molecule has 0 saturated heterocycles. The maximum Gasteiger partial charge on any atom is 0.237 e. The van der Waals surface area contributed by atoms with Crippen molar-refractivity contribution in [1.29, 1.82) is 0 Å². The number of hydrogen-bond donors (Lipinski definition) is 3. The molecule has 0 atom stereocenters. The van der Waals surface area contributed by atoms with Gasteiger partial charge in [0.2, 0.25) is 11.8 Å². The number of aryl methyl sites for hydroxylation is 1. The number of amides is 2. The van der Waals surface area contributed by atoms with Crippen molar-refractivity contribution in [3.63, 3.8) is 0 Å². The van der Waals surface area contributed by atoms with E-state index in [-0.39, 0.29) is 24.8 Å². The molecule has 7 nitrogen and oxygen atoms in total. The van der Waals surface area contributed by atoms with E-state index in [1.807, 2.05) is 31.2 Å². The Morgan fingerprint density at radius 3 is 2.87 bits per heavy atom. The molecule has 0 fully saturated rings. The number of aliphatic hydroxyl groups excluding tert-OH is 1. The summed E-state index contributed by atoms with van der Waals surface area (Å²) in [5.41, 5.74) is 7.45. The molecule has 8 heteroatoms. The molecular formula is C15H18N4O3S. The van der Waals surface area contributed by atoms with Gasteiger partial charge in [-0.3, -0.25) is 9.59 Å². The van der Waals surface area contributed by atoms with Crippen LogP contribution in [0.4, 0.5) is 5.69 Å². The molecule has 0 radical (unpaired) electrons. The van der Waals surface area contributed by atoms with E-state index in [0.717, 1.165) is 11.3 Å². The molecule has 122 valence electrons. The van der Waals surface area contributed by atoms with Gasteiger partial charge < -0.3 is 20.7 Å². The summed E-state index contributed by atoms with van der Waals surface area (Å²) in [5.74, 6) is -0.585. The van der Waals surface area contributed by atoms with Crippen molar-refractivity contribution in [2.75, 3.05) is 11.1 Å². The minimum Gasteiger partial charge on any atom is -0.390 e. The normalized spacial score (nSPS) is 10.5. The van der Waals surface area contributed by atoms with Crippen molar-refractivity contribution in [2.24, 2.45) is 5.73 Å². The number of nitrogens with zero attached hydrogens (tertiary/aromatic N) is 2. The fourth-order valence-corrected chi connectivity index (χ4v) is 2.81. The molecule has 4 N–H and O–H groups in total. The average Bonchev–Trinajstić information content (AvgIpc) is 2.86. The van der Waals surface area contributed by atoms with Crippen LogP contribution in [0.3, 0.4) is 0 Å². The summed E-state index contributed by atoms with van der Waals surface area (Å²) in [4.78, 5) is 27.2. The molecule has 0 unspecified atom stereocenters. The van der Waals surface area contributed by atoms with E-state index < -0.39 is 5.91 Å². The highest BCUT2D eigenvalue weighted by Gasteiger charge is 2.13. The number of rotatable bonds is 7. The van der Waals surface area contributed by atoms with E-state index in [1.54, 1.807) is 0 Å². The van der Waals surface area contributed by atoms with E-state index >= 15 is 0 Å². The molecule has 1 aromatic carbocycles. The average molecular weight is 334 g/mol. The number of aromatic nitrogens is 2. The number of carbonyl (C=O) groups excluding carboxylic acids is 2. The molecule has 0 aliphatic heterocycles. The lowest BCUT2D eigenvalue weighted by Crippen LogP contribution is -2.21. The molecule has 0 aliphatic rings. The molecule has 1 aromatic heterocycles. The summed E-state index contributed by atoms with van der Waals surface area (Å²) in [6.45, 7) is 1.61. The van der Waals surface area contributed by atoms with Gasteiger partial charge in [-0.25, -0.2) is 4.98 Å². The lowest BCUT2D eigenvalue weighted by molar-refractivity contribution is -0.118. The topological polar surface area (TPSA) is 110 Å². The van der Waals surface area contributed by atoms with Gasteiger partial charge in [0.05, 0.1) is 24.3 Å². The molecule has 2 aromatic rings. The lowest BCUT2D eigenvalue weighted by atomic mass is 10.2. The summed E-state index contributed by atoms with van der Waals surface area (Å²) in [7, 11) is 0. The van der Waals surface area contributed by atoms with Gasteiger partial charge in [-0.15, -0.1) is 0 Å². The van der Waals surface area contributed by atoms with Crippen LogP contribution in [0.1, 0.15) is 11.3 Å². The van der Waals surface area contributed by atoms with E-state index in [2.05, 4.69) is 10.3 Å². The highest BCUT2D eigenvalue weighted by molar-refractivity contribution is 7.99. The van der Waals surface area contributed by atoms with Crippen molar-refractivity contribution < 1.29 is 14.7 Å². The van der Waals surface area contributed by atoms with Gasteiger partial charge in [0, 0.05) is 5.69 Å². The van der Waals surface area contributed by atoms with Gasteiger partial charge in [-0.2, -0.15) is 0 Å². The second-order valence-electron chi connectivity index (χ2n) is 4.95. The Hall–Kier alpha value is -2.32. The molecule has 0 aliphatic carbocycles. The number of hydrogen-bond acceptors (Lipinski definition) is 5. The van der Waals surface area contributed by atoms with Crippen LogP contribution in [0.25, 0.3) is 0 Å². The Morgan fingerprint density at radius 2 is 2.22 bits per heavy atom. The largest absolute Gasteiger partial charge is 0.390 e. The van der Waals surface area contributed by atoms with Gasteiger partial charge in [-0.05, 0) is 24.6 Å². The maximum absolute atomic E-state index is 12.0. The molecule has 1 heterocycles. The monoisotopic (exact) mass is 334 g/mol. The Morgan fingerprint density at radius 1 is 1.43 bits per heavy atom. The van der Waals surface area contributed by atoms with Gasteiger partial charge in [0.25, 0.3) is 0 Å². The zero-order chi connectivity index (χ0) is 16.8. The zero-order valence-electron chi connectivity index (χ0n) is 12.7. The summed E-state index contributed by atoms with van der Waals surface area (Å²) >= 11 is 1.18. The quantitative estimate of drug-likeness (QED) is 0.652. The van der Waals surface area contributed by atoms with E-state index in [4.69, 9.17) is 5.73 Å². The van der Waals surface area contributed by atoms with Gasteiger partial charge in [-0.1, -0.05) is 23.9 Å². The Balaban J connectivity index is 1.99. The van der Waals surface area contributed by atoms with E-state index in [9.17, 15) is 14.7 Å². The SMILES string of the molecule is Cc1cccc(NC(=O)CSc2ncc(CO)n2CC(N)=O)c1. The van der Waals surface area contributed by atoms with Crippen molar-refractivity contribution in [3.05, 3.63) is 41.7 Å². The number of primary amides is 1. The van der Waals surface area contributed by atoms with Gasteiger partial charge in [0.15, 0.2) is 5.16 Å². The summed E-state index contributed by atoms with van der Waals surface area (Å²) in [5, 5.41) is 12.5. The number of nitrogens with one attached hydrogen (secondary N) is 1. The van der Waals surface area contributed by atoms with Crippen LogP contribution >= 0.6 is 11.8 Å². The third kappa shape index (κ3) is 4.83. The third-order valence-corrected chi connectivity index (χ3v) is 4.00. The highest BCUT2D eigenvalue weighted by atomic mass is 32.2. The van der Waals surface area contributed by atoms with Crippen LogP contribution in [0.2, 0.25) is 0 Å². The van der Waals surface area contributed by atoms with Crippen molar-refractivity contribution in [1.82, 2.24) is 9.55 Å². The Labute approximate surface area is 137 Å². The molecule has 0 saturated carbocycles. The van der Waals surface area contributed by atoms with Crippen molar-refractivity contribution in [2.45, 2.75) is 25.2 Å². The van der Waals surface area contributed by atoms with Gasteiger partial charge in [0.1, 0.15) is 6.54 Å². The zero-order valence-corrected chi connectivity index (χ0v) is 13.5. The predicted octanol–water partition coefficient (Wildman–Crippen LogP) is 0.900. The predicted molar refractivity (Wildman–Crippen MR) is 87.9 cm³/mol. The molecule has 0 spiro atoms. The standard InChI is InChI=1S/C15H18N4O3S/c1-10-3-2-4-11(5-10)18-14(22)9-23-15-17-6-12(8-20)19(15)7-13(16)21/h2-6,20H,7-9H2,1H3,(H2,16,21)(H,18,22). The third-order valence-electron chi connectivity index (χ3n) is 3.01. The number of thioether (sulfide) groups is 1. The highest BCUT2D eigenvalue weighted by Crippen LogP contribution is 2.19. The lowest BCUT2D eigenvalue weighted by Gasteiger charge is -2.09. The minimum atomic E-state index is -0.538. The number of aliphatic hydroxyl groups is 1. The first-order valence-corrected chi connectivity index (χ1v) is 7.91. The molecule has 0 bridgehead atoms. The smallest absolute Gasteiger partial charge is 0.237 e. The van der Waals surface area contributed by atoms with Crippen LogP contribution in [-0.4, -0.2) is 32.2 Å². The maximum atomic E-state index is 12.0. The van der Waals surface area contributed by atoms with Crippen LogP contribution < -0.4 is 11.1 Å². The molecule has 2 rings (SSSR count). The van der Waals surface area contributed by atoms with E-state index in [0.29, 0.717) is 10.9 Å². The van der Waals surface area contributed by atoms with Crippen LogP contribution in [0, 0.1) is 6.92 Å². The first kappa shape index (κ1) is 17.0. The second-order valence-corrected chi connectivity index (χ2v) is 5.89. The minimum absolute atomic E-state index is 0.0856. The summed E-state index contributed by atoms with van der Waals surface area (Å²) < 4.78 is 1.51. The number of benzene rings is 1. The van der Waals surface area contributed by atoms with E-state index in [1.165, 1.54) is 22.5 Å². The number of anilines is 1. The Kier molecular flexibility index (Phi) is 5.78. The first-order chi connectivity index (χ1) is 11.0. The number of carbonyl (C=O) groups is 2. The fraction of sp³-hybridized carbons (Fsp3) is 0.267. The molecule has 2 amide bonds. The van der Waals surface area contributed by atoms with Crippen molar-refractivity contribution in [3.8, 4) is 0 Å². The number of nitrogens with two attached hydrogens (primary N) is 1. The summed E-state index contributed by atoms with van der Waals surface area (Å²) in [6.07, 6.45) is 1.46. The first-order valence-electron chi connectivity index (χ1n) is 6.92. The molecule has 23 heavy (non-hydrogen) atoms. The molecular weight excluding hydrogens is 316 g/mol. The van der Waals surface area contributed by atoms with Crippen molar-refractivity contribution >= 4 is 29.3 Å². The van der Waals surface area contributed by atoms with Crippen LogP contribution in [0.15, 0.2) is 35.6 Å².